The van der Waals surface area contributed by atoms with Crippen molar-refractivity contribution in [1.29, 1.82) is 0 Å². The normalized spacial score (nSPS) is 23.8. The summed E-state index contributed by atoms with van der Waals surface area (Å²) >= 11 is 0. The standard InChI is InChI=1S/C17H22N2O3/c1-11-5-6-18-9-15(11)19-17(20)13-7-12-8-14(21-2)3-4-16(12)22-10-13/h3-4,7-8,11,15,18H,5-6,9-10H2,1-2H3,(H,19,20). The quantitative estimate of drug-likeness (QED) is 0.890. The highest BCUT2D eigenvalue weighted by atomic mass is 16.5. The van der Waals surface area contributed by atoms with Gasteiger partial charge in [-0.25, -0.2) is 0 Å². The Morgan fingerprint density at radius 2 is 2.32 bits per heavy atom. The van der Waals surface area contributed by atoms with Crippen LogP contribution in [0.1, 0.15) is 18.9 Å². The van der Waals surface area contributed by atoms with E-state index in [1.165, 1.54) is 0 Å². The smallest absolute Gasteiger partial charge is 0.250 e. The van der Waals surface area contributed by atoms with Gasteiger partial charge in [0.15, 0.2) is 0 Å². The number of fused-ring (bicyclic) bond motifs is 1. The third kappa shape index (κ3) is 3.09. The first-order valence-corrected chi connectivity index (χ1v) is 7.70. The zero-order chi connectivity index (χ0) is 15.5. The molecule has 1 amide bonds. The molecule has 22 heavy (non-hydrogen) atoms. The van der Waals surface area contributed by atoms with Gasteiger partial charge in [-0.3, -0.25) is 4.79 Å². The number of hydrogen-bond acceptors (Lipinski definition) is 4. The lowest BCUT2D eigenvalue weighted by atomic mass is 9.94. The molecule has 0 saturated carbocycles. The molecule has 0 spiro atoms. The van der Waals surface area contributed by atoms with Crippen LogP contribution in [0.4, 0.5) is 0 Å². The van der Waals surface area contributed by atoms with E-state index in [2.05, 4.69) is 17.6 Å². The summed E-state index contributed by atoms with van der Waals surface area (Å²) in [6.45, 7) is 4.33. The average molecular weight is 302 g/mol. The molecule has 118 valence electrons. The van der Waals surface area contributed by atoms with E-state index in [4.69, 9.17) is 9.47 Å². The first-order chi connectivity index (χ1) is 10.7. The fourth-order valence-corrected chi connectivity index (χ4v) is 2.86. The van der Waals surface area contributed by atoms with Crippen molar-refractivity contribution >= 4 is 12.0 Å². The van der Waals surface area contributed by atoms with Crippen LogP contribution in [-0.4, -0.2) is 38.8 Å². The zero-order valence-electron chi connectivity index (χ0n) is 13.0. The minimum Gasteiger partial charge on any atom is -0.497 e. The maximum atomic E-state index is 12.5. The van der Waals surface area contributed by atoms with Crippen LogP contribution in [0.25, 0.3) is 6.08 Å². The highest BCUT2D eigenvalue weighted by Gasteiger charge is 2.25. The molecule has 3 rings (SSSR count). The Morgan fingerprint density at radius 3 is 3.09 bits per heavy atom. The Morgan fingerprint density at radius 1 is 1.45 bits per heavy atom. The summed E-state index contributed by atoms with van der Waals surface area (Å²) in [5.74, 6) is 1.98. The Hall–Kier alpha value is -2.01. The van der Waals surface area contributed by atoms with E-state index >= 15 is 0 Å². The number of benzene rings is 1. The largest absolute Gasteiger partial charge is 0.497 e. The lowest BCUT2D eigenvalue weighted by Crippen LogP contribution is -2.50. The van der Waals surface area contributed by atoms with Crippen molar-refractivity contribution < 1.29 is 14.3 Å². The molecular formula is C17H22N2O3. The molecule has 2 N–H and O–H groups in total. The molecule has 1 aromatic carbocycles. The molecule has 0 radical (unpaired) electrons. The molecule has 0 aromatic heterocycles. The van der Waals surface area contributed by atoms with Crippen molar-refractivity contribution in [3.05, 3.63) is 29.3 Å². The van der Waals surface area contributed by atoms with E-state index in [-0.39, 0.29) is 11.9 Å². The van der Waals surface area contributed by atoms with Crippen molar-refractivity contribution in [3.63, 3.8) is 0 Å². The highest BCUT2D eigenvalue weighted by Crippen LogP contribution is 2.30. The lowest BCUT2D eigenvalue weighted by Gasteiger charge is -2.30. The van der Waals surface area contributed by atoms with Gasteiger partial charge in [-0.1, -0.05) is 6.92 Å². The molecule has 2 heterocycles. The average Bonchev–Trinajstić information content (AvgIpc) is 2.55. The number of rotatable bonds is 3. The monoisotopic (exact) mass is 302 g/mol. The van der Waals surface area contributed by atoms with E-state index in [1.807, 2.05) is 24.3 Å². The van der Waals surface area contributed by atoms with Gasteiger partial charge >= 0.3 is 0 Å². The van der Waals surface area contributed by atoms with Crippen LogP contribution >= 0.6 is 0 Å². The summed E-state index contributed by atoms with van der Waals surface area (Å²) in [5, 5.41) is 6.44. The van der Waals surface area contributed by atoms with Gasteiger partial charge in [0.05, 0.1) is 12.7 Å². The number of carbonyl (C=O) groups is 1. The molecule has 1 saturated heterocycles. The van der Waals surface area contributed by atoms with Crippen LogP contribution in [0.15, 0.2) is 23.8 Å². The molecule has 2 aliphatic rings. The third-order valence-corrected chi connectivity index (χ3v) is 4.37. The molecule has 0 bridgehead atoms. The Kier molecular flexibility index (Phi) is 4.34. The first kappa shape index (κ1) is 14.9. The van der Waals surface area contributed by atoms with Gasteiger partial charge < -0.3 is 20.1 Å². The van der Waals surface area contributed by atoms with Crippen molar-refractivity contribution in [2.24, 2.45) is 5.92 Å². The number of nitrogens with one attached hydrogen (secondary N) is 2. The lowest BCUT2D eigenvalue weighted by molar-refractivity contribution is -0.118. The van der Waals surface area contributed by atoms with Gasteiger partial charge in [-0.2, -0.15) is 0 Å². The first-order valence-electron chi connectivity index (χ1n) is 7.70. The molecule has 0 aliphatic carbocycles. The number of carbonyl (C=O) groups excluding carboxylic acids is 1. The van der Waals surface area contributed by atoms with Gasteiger partial charge in [0.1, 0.15) is 18.1 Å². The Balaban J connectivity index is 1.73. The summed E-state index contributed by atoms with van der Waals surface area (Å²) in [5.41, 5.74) is 1.53. The maximum Gasteiger partial charge on any atom is 0.250 e. The van der Waals surface area contributed by atoms with E-state index in [9.17, 15) is 4.79 Å². The molecule has 1 aromatic rings. The van der Waals surface area contributed by atoms with Crippen molar-refractivity contribution in [1.82, 2.24) is 10.6 Å². The summed E-state index contributed by atoms with van der Waals surface area (Å²) in [6.07, 6.45) is 2.97. The minimum atomic E-state index is -0.0472. The molecule has 1 fully saturated rings. The van der Waals surface area contributed by atoms with E-state index in [1.54, 1.807) is 7.11 Å². The van der Waals surface area contributed by atoms with Gasteiger partial charge in [-0.15, -0.1) is 0 Å². The van der Waals surface area contributed by atoms with E-state index in [0.717, 1.165) is 36.6 Å². The van der Waals surface area contributed by atoms with E-state index in [0.29, 0.717) is 18.1 Å². The number of piperidine rings is 1. The fourth-order valence-electron chi connectivity index (χ4n) is 2.86. The van der Waals surface area contributed by atoms with Crippen LogP contribution in [0.2, 0.25) is 0 Å². The van der Waals surface area contributed by atoms with Crippen molar-refractivity contribution in [3.8, 4) is 11.5 Å². The summed E-state index contributed by atoms with van der Waals surface area (Å²) in [6, 6.07) is 5.78. The second-order valence-electron chi connectivity index (χ2n) is 5.91. The van der Waals surface area contributed by atoms with Crippen LogP contribution in [0.5, 0.6) is 11.5 Å². The van der Waals surface area contributed by atoms with E-state index < -0.39 is 0 Å². The summed E-state index contributed by atoms with van der Waals surface area (Å²) in [4.78, 5) is 12.5. The molecule has 2 unspecified atom stereocenters. The number of methoxy groups -OCH3 is 1. The van der Waals surface area contributed by atoms with Crippen LogP contribution in [-0.2, 0) is 4.79 Å². The number of ether oxygens (including phenoxy) is 2. The highest BCUT2D eigenvalue weighted by molar-refractivity contribution is 5.99. The SMILES string of the molecule is COc1ccc2c(c1)C=C(C(=O)NC1CNCCC1C)CO2. The summed E-state index contributed by atoms with van der Waals surface area (Å²) in [7, 11) is 1.63. The predicted octanol–water partition coefficient (Wildman–Crippen LogP) is 1.59. The Bertz CT molecular complexity index is 598. The van der Waals surface area contributed by atoms with Gasteiger partial charge in [0, 0.05) is 18.2 Å². The van der Waals surface area contributed by atoms with Gasteiger partial charge in [0.25, 0.3) is 5.91 Å². The topological polar surface area (TPSA) is 59.6 Å². The minimum absolute atomic E-state index is 0.0472. The van der Waals surface area contributed by atoms with Crippen molar-refractivity contribution in [2.75, 3.05) is 26.8 Å². The number of hydrogen-bond donors (Lipinski definition) is 2. The Labute approximate surface area is 130 Å². The molecule has 2 atom stereocenters. The van der Waals surface area contributed by atoms with Crippen LogP contribution in [0, 0.1) is 5.92 Å². The fraction of sp³-hybridized carbons (Fsp3) is 0.471. The molecule has 5 nitrogen and oxygen atoms in total. The molecule has 5 heteroatoms. The molecular weight excluding hydrogens is 280 g/mol. The predicted molar refractivity (Wildman–Crippen MR) is 85.0 cm³/mol. The maximum absolute atomic E-state index is 12.5. The second kappa shape index (κ2) is 6.40. The van der Waals surface area contributed by atoms with Gasteiger partial charge in [0.2, 0.25) is 0 Å². The van der Waals surface area contributed by atoms with Gasteiger partial charge in [-0.05, 0) is 43.2 Å². The molecule has 2 aliphatic heterocycles. The van der Waals surface area contributed by atoms with Crippen LogP contribution in [0.3, 0.4) is 0 Å². The third-order valence-electron chi connectivity index (χ3n) is 4.37. The zero-order valence-corrected chi connectivity index (χ0v) is 13.0. The van der Waals surface area contributed by atoms with Crippen LogP contribution < -0.4 is 20.1 Å². The number of amides is 1. The second-order valence-corrected chi connectivity index (χ2v) is 5.91. The van der Waals surface area contributed by atoms with Crippen molar-refractivity contribution in [2.45, 2.75) is 19.4 Å². The summed E-state index contributed by atoms with van der Waals surface area (Å²) < 4.78 is 10.9.